The van der Waals surface area contributed by atoms with Crippen molar-refractivity contribution < 1.29 is 0 Å². The summed E-state index contributed by atoms with van der Waals surface area (Å²) in [5.74, 6) is 0. The molecule has 1 unspecified atom stereocenters. The molecule has 0 spiro atoms. The predicted octanol–water partition coefficient (Wildman–Crippen LogP) is 2.13. The zero-order valence-corrected chi connectivity index (χ0v) is 11.8. The first-order valence-corrected chi connectivity index (χ1v) is 8.48. The second kappa shape index (κ2) is 5.01. The molecule has 1 atom stereocenters. The van der Waals surface area contributed by atoms with Gasteiger partial charge in [-0.1, -0.05) is 0 Å². The molecule has 0 aliphatic carbocycles. The zero-order valence-electron chi connectivity index (χ0n) is 8.33. The average Bonchev–Trinajstić information content (AvgIpc) is 2.20. The SMILES string of the molecule is CC1=C(C)CC(C#N)([Se]CC#N)[Se]C1. The normalized spacial score (nSPS) is 26.9. The van der Waals surface area contributed by atoms with Crippen molar-refractivity contribution in [3.8, 4) is 12.1 Å². The minimum atomic E-state index is -0.126. The van der Waals surface area contributed by atoms with Crippen LogP contribution in [0.15, 0.2) is 11.1 Å². The van der Waals surface area contributed by atoms with Crippen molar-refractivity contribution in [2.45, 2.75) is 34.1 Å². The number of allylic oxidation sites excluding steroid dienone is 2. The number of rotatable bonds is 2. The maximum atomic E-state index is 9.22. The predicted molar refractivity (Wildman–Crippen MR) is 58.0 cm³/mol. The van der Waals surface area contributed by atoms with Crippen LogP contribution in [-0.4, -0.2) is 29.9 Å². The van der Waals surface area contributed by atoms with Crippen molar-refractivity contribution in [1.29, 1.82) is 10.5 Å². The van der Waals surface area contributed by atoms with Gasteiger partial charge in [-0.15, -0.1) is 0 Å². The van der Waals surface area contributed by atoms with E-state index in [1.54, 1.807) is 0 Å². The topological polar surface area (TPSA) is 47.6 Å². The second-order valence-electron chi connectivity index (χ2n) is 3.34. The monoisotopic (exact) mass is 320 g/mol. The molecule has 0 saturated carbocycles. The molecular weight excluding hydrogens is 306 g/mol. The van der Waals surface area contributed by atoms with Crippen molar-refractivity contribution in [3.05, 3.63) is 11.1 Å². The van der Waals surface area contributed by atoms with Gasteiger partial charge >= 0.3 is 97.8 Å². The molecule has 1 rings (SSSR count). The summed E-state index contributed by atoms with van der Waals surface area (Å²) in [5, 5.41) is 19.5. The number of hydrogen-bond acceptors (Lipinski definition) is 2. The number of nitrogens with zero attached hydrogens (tertiary/aromatic N) is 2. The third-order valence-corrected chi connectivity index (χ3v) is 9.59. The molecule has 0 amide bonds. The summed E-state index contributed by atoms with van der Waals surface area (Å²) in [6, 6.07) is 4.64. The minimum absolute atomic E-state index is 0.126. The Morgan fingerprint density at radius 3 is 2.64 bits per heavy atom. The van der Waals surface area contributed by atoms with Crippen LogP contribution in [0.25, 0.3) is 0 Å². The van der Waals surface area contributed by atoms with Gasteiger partial charge in [-0.05, 0) is 0 Å². The van der Waals surface area contributed by atoms with Crippen LogP contribution in [0.5, 0.6) is 0 Å². The van der Waals surface area contributed by atoms with Crippen molar-refractivity contribution >= 4 is 29.9 Å². The van der Waals surface area contributed by atoms with Crippen LogP contribution >= 0.6 is 0 Å². The van der Waals surface area contributed by atoms with Crippen LogP contribution in [0.2, 0.25) is 13.9 Å². The molecule has 0 radical (unpaired) electrons. The molecule has 1 aliphatic heterocycles. The molecule has 0 N–H and O–H groups in total. The van der Waals surface area contributed by atoms with Gasteiger partial charge < -0.3 is 0 Å². The Morgan fingerprint density at radius 2 is 2.14 bits per heavy atom. The summed E-state index contributed by atoms with van der Waals surface area (Å²) in [6.07, 6.45) is 0.914. The van der Waals surface area contributed by atoms with Crippen molar-refractivity contribution in [2.24, 2.45) is 0 Å². The average molecular weight is 318 g/mol. The molecule has 74 valence electrons. The number of nitriles is 2. The van der Waals surface area contributed by atoms with Gasteiger partial charge in [0.15, 0.2) is 0 Å². The van der Waals surface area contributed by atoms with E-state index in [0.29, 0.717) is 20.3 Å². The van der Waals surface area contributed by atoms with Crippen LogP contribution in [0.4, 0.5) is 0 Å². The molecule has 0 bridgehead atoms. The van der Waals surface area contributed by atoms with Gasteiger partial charge in [0.25, 0.3) is 0 Å². The first kappa shape index (κ1) is 11.8. The molecule has 4 heteroatoms. The molecule has 0 aromatic carbocycles. The fourth-order valence-electron chi connectivity index (χ4n) is 1.24. The first-order valence-electron chi connectivity index (χ1n) is 4.35. The van der Waals surface area contributed by atoms with Gasteiger partial charge in [-0.3, -0.25) is 0 Å². The van der Waals surface area contributed by atoms with E-state index in [2.05, 4.69) is 26.0 Å². The van der Waals surface area contributed by atoms with Crippen LogP contribution in [0.1, 0.15) is 20.3 Å². The van der Waals surface area contributed by atoms with Gasteiger partial charge in [0.1, 0.15) is 0 Å². The third kappa shape index (κ3) is 2.63. The third-order valence-electron chi connectivity index (χ3n) is 2.29. The molecule has 1 aliphatic rings. The standard InChI is InChI=1S/C10H12N2Se2/c1-8-5-10(7-12,13-4-3-11)14-6-9(8)2/h4-6H2,1-2H3. The van der Waals surface area contributed by atoms with E-state index in [9.17, 15) is 5.26 Å². The van der Waals surface area contributed by atoms with Crippen molar-refractivity contribution in [2.75, 3.05) is 0 Å². The summed E-state index contributed by atoms with van der Waals surface area (Å²) in [7, 11) is 0. The molecule has 1 heterocycles. The summed E-state index contributed by atoms with van der Waals surface area (Å²) >= 11 is 0.556. The number of hydrogen-bond donors (Lipinski definition) is 0. The van der Waals surface area contributed by atoms with Crippen LogP contribution < -0.4 is 0 Å². The molecule has 0 aromatic heterocycles. The molecular formula is C10H12N2Se2. The van der Waals surface area contributed by atoms with Crippen molar-refractivity contribution in [1.82, 2.24) is 0 Å². The summed E-state index contributed by atoms with van der Waals surface area (Å²) in [6.45, 7) is 4.29. The van der Waals surface area contributed by atoms with Gasteiger partial charge in [0.05, 0.1) is 0 Å². The fourth-order valence-corrected chi connectivity index (χ4v) is 7.31. The van der Waals surface area contributed by atoms with E-state index in [1.807, 2.05) is 0 Å². The van der Waals surface area contributed by atoms with Crippen LogP contribution in [0, 0.1) is 22.7 Å². The van der Waals surface area contributed by atoms with Gasteiger partial charge in [-0.25, -0.2) is 0 Å². The Bertz CT molecular complexity index is 335. The Hall–Kier alpha value is -0.241. The fraction of sp³-hybridized carbons (Fsp3) is 0.600. The Morgan fingerprint density at radius 1 is 1.43 bits per heavy atom. The Kier molecular flexibility index (Phi) is 4.24. The quantitative estimate of drug-likeness (QED) is 0.578. The van der Waals surface area contributed by atoms with Gasteiger partial charge in [0, 0.05) is 0 Å². The first-order chi connectivity index (χ1) is 6.63. The molecule has 14 heavy (non-hydrogen) atoms. The Balaban J connectivity index is 2.76. The van der Waals surface area contributed by atoms with E-state index in [4.69, 9.17) is 5.26 Å². The molecule has 0 fully saturated rings. The maximum absolute atomic E-state index is 9.22. The van der Waals surface area contributed by atoms with Gasteiger partial charge in [-0.2, -0.15) is 0 Å². The summed E-state index contributed by atoms with van der Waals surface area (Å²) in [4.78, 5) is 0. The van der Waals surface area contributed by atoms with E-state index in [1.165, 1.54) is 11.1 Å². The summed E-state index contributed by atoms with van der Waals surface area (Å²) in [5.41, 5.74) is 2.84. The van der Waals surface area contributed by atoms with Gasteiger partial charge in [0.2, 0.25) is 0 Å². The van der Waals surface area contributed by atoms with Crippen LogP contribution in [-0.2, 0) is 0 Å². The zero-order chi connectivity index (χ0) is 10.6. The van der Waals surface area contributed by atoms with E-state index in [0.717, 1.165) is 11.7 Å². The van der Waals surface area contributed by atoms with E-state index in [-0.39, 0.29) is 18.2 Å². The molecule has 2 nitrogen and oxygen atoms in total. The van der Waals surface area contributed by atoms with Crippen molar-refractivity contribution in [3.63, 3.8) is 0 Å². The second-order valence-corrected chi connectivity index (χ2v) is 9.99. The Labute approximate surface area is 97.7 Å². The summed E-state index contributed by atoms with van der Waals surface area (Å²) < 4.78 is -0.126. The molecule has 0 aromatic rings. The van der Waals surface area contributed by atoms with E-state index < -0.39 is 0 Å². The molecule has 0 saturated heterocycles. The van der Waals surface area contributed by atoms with E-state index >= 15 is 0 Å². The van der Waals surface area contributed by atoms with Crippen LogP contribution in [0.3, 0.4) is 0 Å².